The standard InChI is InChI=1S/C22H29NO/c24-22(21-12-6-2-7-13-21,15-14-20-10-4-1-5-11-20)16-19-23-17-8-3-9-18-23/h1-2,4-7,10-13,24H,3,8-9,14-19H2/t22-/m0/s1. The van der Waals surface area contributed by atoms with Gasteiger partial charge in [-0.05, 0) is 56.3 Å². The Hall–Kier alpha value is -1.64. The Labute approximate surface area is 146 Å². The molecular formula is C22H29NO. The third-order valence-electron chi connectivity index (χ3n) is 5.27. The predicted octanol–water partition coefficient (Wildman–Crippen LogP) is 4.38. The average Bonchev–Trinajstić information content (AvgIpc) is 2.67. The monoisotopic (exact) mass is 323 g/mol. The zero-order chi connectivity index (χ0) is 16.7. The van der Waals surface area contributed by atoms with E-state index in [2.05, 4.69) is 41.3 Å². The summed E-state index contributed by atoms with van der Waals surface area (Å²) in [5.74, 6) is 0. The van der Waals surface area contributed by atoms with Crippen LogP contribution in [-0.2, 0) is 12.0 Å². The lowest BCUT2D eigenvalue weighted by molar-refractivity contribution is 0.00736. The zero-order valence-corrected chi connectivity index (χ0v) is 14.5. The van der Waals surface area contributed by atoms with Gasteiger partial charge in [0.05, 0.1) is 5.60 Å². The van der Waals surface area contributed by atoms with Crippen LogP contribution in [0.5, 0.6) is 0 Å². The van der Waals surface area contributed by atoms with Crippen LogP contribution in [0.15, 0.2) is 60.7 Å². The van der Waals surface area contributed by atoms with Crippen molar-refractivity contribution in [3.05, 3.63) is 71.8 Å². The molecule has 1 heterocycles. The van der Waals surface area contributed by atoms with Crippen LogP contribution >= 0.6 is 0 Å². The SMILES string of the molecule is O[C@@](CCc1ccccc1)(CCN1CCCCC1)c1ccccc1. The van der Waals surface area contributed by atoms with Crippen molar-refractivity contribution in [1.82, 2.24) is 4.90 Å². The van der Waals surface area contributed by atoms with Gasteiger partial charge >= 0.3 is 0 Å². The number of rotatable bonds is 7. The molecule has 24 heavy (non-hydrogen) atoms. The van der Waals surface area contributed by atoms with Crippen molar-refractivity contribution in [2.24, 2.45) is 0 Å². The van der Waals surface area contributed by atoms with Crippen molar-refractivity contribution in [2.45, 2.75) is 44.1 Å². The summed E-state index contributed by atoms with van der Waals surface area (Å²) in [6, 6.07) is 20.7. The van der Waals surface area contributed by atoms with Gasteiger partial charge in [-0.2, -0.15) is 0 Å². The van der Waals surface area contributed by atoms with E-state index in [0.717, 1.165) is 31.4 Å². The number of likely N-dealkylation sites (tertiary alicyclic amines) is 1. The van der Waals surface area contributed by atoms with Gasteiger partial charge in [-0.25, -0.2) is 0 Å². The van der Waals surface area contributed by atoms with E-state index in [0.29, 0.717) is 0 Å². The Kier molecular flexibility index (Phi) is 6.06. The highest BCUT2D eigenvalue weighted by Crippen LogP contribution is 2.31. The smallest absolute Gasteiger partial charge is 0.0911 e. The second kappa shape index (κ2) is 8.46. The minimum absolute atomic E-state index is 0.742. The van der Waals surface area contributed by atoms with Crippen molar-refractivity contribution in [3.8, 4) is 0 Å². The number of aryl methyl sites for hydroxylation is 1. The van der Waals surface area contributed by atoms with E-state index >= 15 is 0 Å². The molecule has 3 rings (SSSR count). The molecule has 2 aromatic rings. The molecule has 0 aliphatic carbocycles. The zero-order valence-electron chi connectivity index (χ0n) is 14.5. The largest absolute Gasteiger partial charge is 0.385 e. The van der Waals surface area contributed by atoms with E-state index in [-0.39, 0.29) is 0 Å². The fourth-order valence-corrected chi connectivity index (χ4v) is 3.68. The van der Waals surface area contributed by atoms with E-state index in [4.69, 9.17) is 0 Å². The van der Waals surface area contributed by atoms with Gasteiger partial charge in [0.15, 0.2) is 0 Å². The van der Waals surface area contributed by atoms with Crippen molar-refractivity contribution in [3.63, 3.8) is 0 Å². The van der Waals surface area contributed by atoms with Crippen LogP contribution in [-0.4, -0.2) is 29.6 Å². The minimum atomic E-state index is -0.742. The third kappa shape index (κ3) is 4.68. The number of piperidine rings is 1. The van der Waals surface area contributed by atoms with Gasteiger partial charge in [0.2, 0.25) is 0 Å². The van der Waals surface area contributed by atoms with Gasteiger partial charge in [-0.1, -0.05) is 67.1 Å². The molecule has 0 saturated carbocycles. The fraction of sp³-hybridized carbons (Fsp3) is 0.455. The minimum Gasteiger partial charge on any atom is -0.385 e. The van der Waals surface area contributed by atoms with Crippen LogP contribution < -0.4 is 0 Å². The van der Waals surface area contributed by atoms with Gasteiger partial charge in [-0.3, -0.25) is 0 Å². The second-order valence-electron chi connectivity index (χ2n) is 7.04. The van der Waals surface area contributed by atoms with Crippen LogP contribution in [0.1, 0.15) is 43.2 Å². The van der Waals surface area contributed by atoms with Crippen LogP contribution in [0.25, 0.3) is 0 Å². The molecule has 2 heteroatoms. The Morgan fingerprint density at radius 1 is 0.792 bits per heavy atom. The molecule has 0 spiro atoms. The molecule has 1 fully saturated rings. The summed E-state index contributed by atoms with van der Waals surface area (Å²) in [7, 11) is 0. The summed E-state index contributed by atoms with van der Waals surface area (Å²) in [6.07, 6.45) is 6.44. The highest BCUT2D eigenvalue weighted by molar-refractivity contribution is 5.23. The number of nitrogens with zero attached hydrogens (tertiary/aromatic N) is 1. The average molecular weight is 323 g/mol. The number of hydrogen-bond acceptors (Lipinski definition) is 2. The lowest BCUT2D eigenvalue weighted by atomic mass is 9.84. The Morgan fingerprint density at radius 2 is 1.42 bits per heavy atom. The molecule has 1 aliphatic heterocycles. The molecule has 1 saturated heterocycles. The Balaban J connectivity index is 1.68. The van der Waals surface area contributed by atoms with E-state index in [1.807, 2.05) is 24.3 Å². The van der Waals surface area contributed by atoms with Crippen molar-refractivity contribution >= 4 is 0 Å². The summed E-state index contributed by atoms with van der Waals surface area (Å²) in [5, 5.41) is 11.4. The molecule has 1 atom stereocenters. The van der Waals surface area contributed by atoms with Gasteiger partial charge < -0.3 is 10.0 Å². The number of benzene rings is 2. The molecule has 0 bridgehead atoms. The lowest BCUT2D eigenvalue weighted by Crippen LogP contribution is -2.36. The first kappa shape index (κ1) is 17.2. The maximum atomic E-state index is 11.4. The van der Waals surface area contributed by atoms with Gasteiger partial charge in [0.25, 0.3) is 0 Å². The van der Waals surface area contributed by atoms with Gasteiger partial charge in [-0.15, -0.1) is 0 Å². The Bertz CT molecular complexity index is 592. The second-order valence-corrected chi connectivity index (χ2v) is 7.04. The first-order valence-corrected chi connectivity index (χ1v) is 9.30. The molecule has 1 N–H and O–H groups in total. The van der Waals surface area contributed by atoms with Gasteiger partial charge in [0, 0.05) is 6.54 Å². The van der Waals surface area contributed by atoms with E-state index in [9.17, 15) is 5.11 Å². The molecule has 0 amide bonds. The normalized spacial score (nSPS) is 18.2. The summed E-state index contributed by atoms with van der Waals surface area (Å²) in [5.41, 5.74) is 1.61. The topological polar surface area (TPSA) is 23.5 Å². The third-order valence-corrected chi connectivity index (χ3v) is 5.27. The molecule has 0 aromatic heterocycles. The number of hydrogen-bond donors (Lipinski definition) is 1. The first-order chi connectivity index (χ1) is 11.8. The van der Waals surface area contributed by atoms with E-state index < -0.39 is 5.60 Å². The first-order valence-electron chi connectivity index (χ1n) is 9.30. The molecule has 128 valence electrons. The van der Waals surface area contributed by atoms with Crippen LogP contribution in [0, 0.1) is 0 Å². The number of aliphatic hydroxyl groups is 1. The highest BCUT2D eigenvalue weighted by atomic mass is 16.3. The molecular weight excluding hydrogens is 294 g/mol. The summed E-state index contributed by atoms with van der Waals surface area (Å²) < 4.78 is 0. The summed E-state index contributed by atoms with van der Waals surface area (Å²) >= 11 is 0. The fourth-order valence-electron chi connectivity index (χ4n) is 3.68. The van der Waals surface area contributed by atoms with Gasteiger partial charge in [0.1, 0.15) is 0 Å². The van der Waals surface area contributed by atoms with Crippen molar-refractivity contribution in [1.29, 1.82) is 0 Å². The van der Waals surface area contributed by atoms with E-state index in [1.165, 1.54) is 37.9 Å². The van der Waals surface area contributed by atoms with Crippen molar-refractivity contribution in [2.75, 3.05) is 19.6 Å². The van der Waals surface area contributed by atoms with E-state index in [1.54, 1.807) is 0 Å². The van der Waals surface area contributed by atoms with Crippen LogP contribution in [0.4, 0.5) is 0 Å². The maximum absolute atomic E-state index is 11.4. The molecule has 0 radical (unpaired) electrons. The van der Waals surface area contributed by atoms with Crippen LogP contribution in [0.2, 0.25) is 0 Å². The summed E-state index contributed by atoms with van der Waals surface area (Å²) in [6.45, 7) is 3.35. The lowest BCUT2D eigenvalue weighted by Gasteiger charge is -2.33. The molecule has 2 nitrogen and oxygen atoms in total. The predicted molar refractivity (Wildman–Crippen MR) is 100 cm³/mol. The molecule has 0 unspecified atom stereocenters. The quantitative estimate of drug-likeness (QED) is 0.817. The Morgan fingerprint density at radius 3 is 2.08 bits per heavy atom. The summed E-state index contributed by atoms with van der Waals surface area (Å²) in [4.78, 5) is 2.51. The molecule has 1 aliphatic rings. The van der Waals surface area contributed by atoms with Crippen LogP contribution in [0.3, 0.4) is 0 Å². The highest BCUT2D eigenvalue weighted by Gasteiger charge is 2.29. The maximum Gasteiger partial charge on any atom is 0.0911 e. The van der Waals surface area contributed by atoms with Crippen molar-refractivity contribution < 1.29 is 5.11 Å². The molecule has 2 aromatic carbocycles.